The summed E-state index contributed by atoms with van der Waals surface area (Å²) < 4.78 is 7.93. The van der Waals surface area contributed by atoms with Crippen LogP contribution in [0.1, 0.15) is 50.1 Å². The monoisotopic (exact) mass is 404 g/mol. The molecule has 1 N–H and O–H groups in total. The summed E-state index contributed by atoms with van der Waals surface area (Å²) in [5, 5.41) is 12.7. The summed E-state index contributed by atoms with van der Waals surface area (Å²) in [5.41, 5.74) is -0.476. The number of carbonyl (C=O) groups excluding carboxylic acids is 1. The summed E-state index contributed by atoms with van der Waals surface area (Å²) >= 11 is 1.31. The van der Waals surface area contributed by atoms with E-state index in [1.807, 2.05) is 13.0 Å². The number of thiophene rings is 1. The van der Waals surface area contributed by atoms with E-state index in [-0.39, 0.29) is 30.7 Å². The second-order valence-electron chi connectivity index (χ2n) is 7.95. The zero-order valence-corrected chi connectivity index (χ0v) is 17.3. The van der Waals surface area contributed by atoms with Gasteiger partial charge in [-0.15, -0.1) is 11.3 Å². The Morgan fingerprint density at radius 3 is 2.61 bits per heavy atom. The second kappa shape index (κ2) is 7.53. The highest BCUT2D eigenvalue weighted by molar-refractivity contribution is 7.18. The van der Waals surface area contributed by atoms with Gasteiger partial charge < -0.3 is 10.1 Å². The number of rotatable bonds is 6. The first-order valence-corrected chi connectivity index (χ1v) is 10.0. The van der Waals surface area contributed by atoms with Crippen molar-refractivity contribution in [1.82, 2.24) is 14.5 Å². The van der Waals surface area contributed by atoms with Gasteiger partial charge in [0.05, 0.1) is 18.0 Å². The lowest BCUT2D eigenvalue weighted by atomic mass is 10.2. The molecule has 0 aliphatic heterocycles. The molecule has 0 atom stereocenters. The largest absolute Gasteiger partial charge is 0.459 e. The fourth-order valence-electron chi connectivity index (χ4n) is 3.10. The van der Waals surface area contributed by atoms with Crippen molar-refractivity contribution in [2.75, 3.05) is 6.54 Å². The van der Waals surface area contributed by atoms with Crippen molar-refractivity contribution in [3.05, 3.63) is 31.3 Å². The zero-order chi connectivity index (χ0) is 20.6. The van der Waals surface area contributed by atoms with E-state index in [1.165, 1.54) is 20.5 Å². The average molecular weight is 404 g/mol. The van der Waals surface area contributed by atoms with Gasteiger partial charge in [-0.05, 0) is 46.1 Å². The maximum Gasteiger partial charge on any atom is 0.333 e. The van der Waals surface area contributed by atoms with Gasteiger partial charge in [0.2, 0.25) is 0 Å². The maximum absolute atomic E-state index is 12.9. The van der Waals surface area contributed by atoms with Gasteiger partial charge in [-0.25, -0.2) is 4.79 Å². The van der Waals surface area contributed by atoms with Crippen LogP contribution < -0.4 is 16.6 Å². The first-order chi connectivity index (χ1) is 13.1. The number of hydrogen-bond donors (Lipinski definition) is 1. The Bertz CT molecular complexity index is 1080. The van der Waals surface area contributed by atoms with Crippen LogP contribution in [0.4, 0.5) is 0 Å². The highest BCUT2D eigenvalue weighted by Crippen LogP contribution is 2.34. The molecular formula is C19H24N4O4S. The normalized spacial score (nSPS) is 14.2. The number of hydrogen-bond acceptors (Lipinski definition) is 7. The minimum atomic E-state index is -0.548. The summed E-state index contributed by atoms with van der Waals surface area (Å²) in [5.74, 6) is -0.358. The van der Waals surface area contributed by atoms with Gasteiger partial charge in [-0.1, -0.05) is 0 Å². The fraction of sp³-hybridized carbons (Fsp3) is 0.579. The van der Waals surface area contributed by atoms with Crippen LogP contribution in [0.2, 0.25) is 0 Å². The smallest absolute Gasteiger partial charge is 0.333 e. The number of carbonyl (C=O) groups is 1. The molecule has 0 bridgehead atoms. The van der Waals surface area contributed by atoms with Crippen LogP contribution in [0.3, 0.4) is 0 Å². The third-order valence-corrected chi connectivity index (χ3v) is 5.77. The van der Waals surface area contributed by atoms with Gasteiger partial charge >= 0.3 is 11.7 Å². The first-order valence-electron chi connectivity index (χ1n) is 9.21. The Morgan fingerprint density at radius 2 is 2.04 bits per heavy atom. The molecular weight excluding hydrogens is 380 g/mol. The first kappa shape index (κ1) is 20.3. The maximum atomic E-state index is 12.9. The Balaban J connectivity index is 1.92. The highest BCUT2D eigenvalue weighted by Gasteiger charge is 2.30. The number of aryl methyl sites for hydroxylation is 1. The van der Waals surface area contributed by atoms with Crippen molar-refractivity contribution >= 4 is 27.5 Å². The van der Waals surface area contributed by atoms with Crippen LogP contribution in [0.15, 0.2) is 9.59 Å². The van der Waals surface area contributed by atoms with Crippen LogP contribution >= 0.6 is 11.3 Å². The van der Waals surface area contributed by atoms with Crippen molar-refractivity contribution in [2.24, 2.45) is 0 Å². The van der Waals surface area contributed by atoms with Gasteiger partial charge in [-0.3, -0.25) is 18.7 Å². The van der Waals surface area contributed by atoms with E-state index in [9.17, 15) is 14.4 Å². The molecule has 0 saturated heterocycles. The standard InChI is InChI=1S/C19H24N4O4S/c1-11-13(9-21-10-14(24)27-19(2,3)4)28-17-15(11)16(25)23(12-5-6-12)18(26)22(17)8-7-20/h12,21H,5-6,8-10H2,1-4H3. The van der Waals surface area contributed by atoms with Crippen LogP contribution in [0.5, 0.6) is 0 Å². The van der Waals surface area contributed by atoms with Gasteiger partial charge in [-0.2, -0.15) is 5.26 Å². The number of nitrogens with zero attached hydrogens (tertiary/aromatic N) is 3. The predicted molar refractivity (Wildman–Crippen MR) is 107 cm³/mol. The third-order valence-electron chi connectivity index (χ3n) is 4.46. The Labute approximate surface area is 166 Å². The molecule has 2 aromatic heterocycles. The molecule has 0 spiro atoms. The number of esters is 1. The topological polar surface area (TPSA) is 106 Å². The molecule has 150 valence electrons. The van der Waals surface area contributed by atoms with Crippen LogP contribution in [-0.4, -0.2) is 27.2 Å². The third kappa shape index (κ3) is 4.03. The van der Waals surface area contributed by atoms with Gasteiger partial charge in [0, 0.05) is 17.5 Å². The molecule has 0 radical (unpaired) electrons. The van der Waals surface area contributed by atoms with E-state index in [0.717, 1.165) is 23.3 Å². The minimum absolute atomic E-state index is 0.0439. The van der Waals surface area contributed by atoms with E-state index in [0.29, 0.717) is 16.8 Å². The minimum Gasteiger partial charge on any atom is -0.459 e. The highest BCUT2D eigenvalue weighted by atomic mass is 32.1. The Morgan fingerprint density at radius 1 is 1.36 bits per heavy atom. The number of fused-ring (bicyclic) bond motifs is 1. The molecule has 0 amide bonds. The van der Waals surface area contributed by atoms with Crippen molar-refractivity contribution in [3.8, 4) is 6.07 Å². The zero-order valence-electron chi connectivity index (χ0n) is 16.5. The molecule has 2 aromatic rings. The summed E-state index contributed by atoms with van der Waals surface area (Å²) in [6, 6.07) is 1.94. The van der Waals surface area contributed by atoms with Crippen LogP contribution in [0, 0.1) is 18.3 Å². The van der Waals surface area contributed by atoms with Gasteiger partial charge in [0.15, 0.2) is 0 Å². The lowest BCUT2D eigenvalue weighted by Crippen LogP contribution is -2.39. The summed E-state index contributed by atoms with van der Waals surface area (Å²) in [7, 11) is 0. The lowest BCUT2D eigenvalue weighted by Gasteiger charge is -2.19. The number of nitrogens with one attached hydrogen (secondary N) is 1. The van der Waals surface area contributed by atoms with E-state index in [4.69, 9.17) is 10.00 Å². The number of aromatic nitrogens is 2. The molecule has 2 heterocycles. The second-order valence-corrected chi connectivity index (χ2v) is 9.04. The number of ether oxygens (including phenoxy) is 1. The number of nitriles is 1. The van der Waals surface area contributed by atoms with E-state index in [1.54, 1.807) is 20.8 Å². The van der Waals surface area contributed by atoms with Crippen molar-refractivity contribution in [2.45, 2.75) is 65.3 Å². The molecule has 28 heavy (non-hydrogen) atoms. The summed E-state index contributed by atoms with van der Waals surface area (Å²) in [6.45, 7) is 7.56. The predicted octanol–water partition coefficient (Wildman–Crippen LogP) is 1.82. The molecule has 0 aromatic carbocycles. The van der Waals surface area contributed by atoms with Gasteiger partial charge in [0.1, 0.15) is 17.0 Å². The lowest BCUT2D eigenvalue weighted by molar-refractivity contribution is -0.153. The molecule has 1 aliphatic rings. The quantitative estimate of drug-likeness (QED) is 0.736. The molecule has 1 saturated carbocycles. The Hall–Kier alpha value is -2.44. The van der Waals surface area contributed by atoms with Crippen molar-refractivity contribution in [1.29, 1.82) is 5.26 Å². The summed E-state index contributed by atoms with van der Waals surface area (Å²) in [4.78, 5) is 38.9. The van der Waals surface area contributed by atoms with Gasteiger partial charge in [0.25, 0.3) is 5.56 Å². The molecule has 1 aliphatic carbocycles. The van der Waals surface area contributed by atoms with Crippen LogP contribution in [-0.2, 0) is 22.6 Å². The van der Waals surface area contributed by atoms with Crippen LogP contribution in [0.25, 0.3) is 10.2 Å². The SMILES string of the molecule is Cc1c(CNCC(=O)OC(C)(C)C)sc2c1c(=O)n(C1CC1)c(=O)n2CC#N. The average Bonchev–Trinajstić information content (AvgIpc) is 3.35. The van der Waals surface area contributed by atoms with E-state index >= 15 is 0 Å². The van der Waals surface area contributed by atoms with E-state index in [2.05, 4.69) is 5.32 Å². The van der Waals surface area contributed by atoms with Crippen molar-refractivity contribution < 1.29 is 9.53 Å². The van der Waals surface area contributed by atoms with E-state index < -0.39 is 11.3 Å². The molecule has 8 nitrogen and oxygen atoms in total. The summed E-state index contributed by atoms with van der Waals surface area (Å²) in [6.07, 6.45) is 1.61. The fourth-order valence-corrected chi connectivity index (χ4v) is 4.36. The Kier molecular flexibility index (Phi) is 5.46. The molecule has 9 heteroatoms. The molecule has 3 rings (SSSR count). The molecule has 1 fully saturated rings. The van der Waals surface area contributed by atoms with Crippen molar-refractivity contribution in [3.63, 3.8) is 0 Å². The molecule has 0 unspecified atom stereocenters.